The minimum atomic E-state index is -3.47. The number of sulfone groups is 1. The number of benzene rings is 2. The topological polar surface area (TPSA) is 84.0 Å². The van der Waals surface area contributed by atoms with E-state index in [1.54, 1.807) is 38.1 Å². The number of nitrogens with one attached hydrogen (secondary N) is 2. The van der Waals surface area contributed by atoms with Crippen molar-refractivity contribution < 1.29 is 8.42 Å². The van der Waals surface area contributed by atoms with Crippen molar-refractivity contribution in [2.45, 2.75) is 30.4 Å². The molecule has 0 saturated heterocycles. The summed E-state index contributed by atoms with van der Waals surface area (Å²) in [6.45, 7) is 3.94. The zero-order valence-corrected chi connectivity index (χ0v) is 19.7. The molecule has 0 aliphatic carbocycles. The molecule has 0 unspecified atom stereocenters. The summed E-state index contributed by atoms with van der Waals surface area (Å²) in [6.07, 6.45) is 2.29. The van der Waals surface area contributed by atoms with Gasteiger partial charge >= 0.3 is 0 Å². The maximum Gasteiger partial charge on any atom is 0.224 e. The molecule has 0 spiro atoms. The summed E-state index contributed by atoms with van der Waals surface area (Å²) in [6, 6.07) is 14.8. The van der Waals surface area contributed by atoms with E-state index in [-0.39, 0.29) is 4.90 Å². The average Bonchev–Trinajstić information content (AvgIpc) is 2.72. The van der Waals surface area contributed by atoms with E-state index in [0.29, 0.717) is 29.0 Å². The van der Waals surface area contributed by atoms with Crippen LogP contribution >= 0.6 is 27.5 Å². The van der Waals surface area contributed by atoms with Crippen molar-refractivity contribution in [2.75, 3.05) is 17.2 Å². The number of hydrogen-bond donors (Lipinski definition) is 2. The normalized spacial score (nSPS) is 11.5. The van der Waals surface area contributed by atoms with Crippen molar-refractivity contribution in [3.05, 3.63) is 69.8 Å². The van der Waals surface area contributed by atoms with Crippen molar-refractivity contribution in [1.82, 2.24) is 9.97 Å². The van der Waals surface area contributed by atoms with Gasteiger partial charge in [-0.15, -0.1) is 0 Å². The van der Waals surface area contributed by atoms with Crippen LogP contribution in [0.1, 0.15) is 19.4 Å². The van der Waals surface area contributed by atoms with Crippen LogP contribution in [0.25, 0.3) is 0 Å². The molecule has 1 heterocycles. The molecule has 3 aromatic rings. The predicted molar refractivity (Wildman–Crippen MR) is 125 cm³/mol. The molecule has 2 N–H and O–H groups in total. The second-order valence-electron chi connectivity index (χ2n) is 6.91. The van der Waals surface area contributed by atoms with E-state index < -0.39 is 15.1 Å². The van der Waals surface area contributed by atoms with E-state index in [9.17, 15) is 8.42 Å². The van der Waals surface area contributed by atoms with Gasteiger partial charge in [-0.1, -0.05) is 51.8 Å². The SMILES string of the molecule is CC(C)S(=O)(=O)c1ccccc1Nc1nc(NCCc2ccc(Br)cc2)ncc1Cl. The summed E-state index contributed by atoms with van der Waals surface area (Å²) in [5.41, 5.74) is 1.61. The van der Waals surface area contributed by atoms with Crippen molar-refractivity contribution in [3.63, 3.8) is 0 Å². The molecule has 0 aliphatic rings. The molecule has 0 amide bonds. The van der Waals surface area contributed by atoms with Gasteiger partial charge in [0.25, 0.3) is 0 Å². The van der Waals surface area contributed by atoms with E-state index in [0.717, 1.165) is 10.9 Å². The van der Waals surface area contributed by atoms with Gasteiger partial charge in [-0.25, -0.2) is 13.4 Å². The Morgan fingerprint density at radius 3 is 2.50 bits per heavy atom. The zero-order chi connectivity index (χ0) is 21.7. The van der Waals surface area contributed by atoms with Crippen LogP contribution in [-0.2, 0) is 16.3 Å². The molecule has 0 radical (unpaired) electrons. The highest BCUT2D eigenvalue weighted by molar-refractivity contribution is 9.10. The Balaban J connectivity index is 1.76. The van der Waals surface area contributed by atoms with Crippen LogP contribution in [0.2, 0.25) is 5.02 Å². The number of hydrogen-bond acceptors (Lipinski definition) is 6. The summed E-state index contributed by atoms with van der Waals surface area (Å²) in [5, 5.41) is 5.97. The standard InChI is InChI=1S/C21H22BrClN4O2S/c1-14(2)30(28,29)19-6-4-3-5-18(19)26-20-17(23)13-25-21(27-20)24-12-11-15-7-9-16(22)10-8-15/h3-10,13-14H,11-12H2,1-2H3,(H2,24,25,26,27). The highest BCUT2D eigenvalue weighted by atomic mass is 79.9. The van der Waals surface area contributed by atoms with E-state index in [2.05, 4.69) is 36.5 Å². The monoisotopic (exact) mass is 508 g/mol. The number of rotatable bonds is 8. The number of para-hydroxylation sites is 1. The van der Waals surface area contributed by atoms with Crippen LogP contribution in [0.15, 0.2) is 64.1 Å². The van der Waals surface area contributed by atoms with Gasteiger partial charge < -0.3 is 10.6 Å². The van der Waals surface area contributed by atoms with Gasteiger partial charge in [-0.3, -0.25) is 0 Å². The van der Waals surface area contributed by atoms with Crippen molar-refractivity contribution in [3.8, 4) is 0 Å². The Bertz CT molecular complexity index is 1120. The molecular formula is C21H22BrClN4O2S. The maximum atomic E-state index is 12.7. The Kier molecular flexibility index (Phi) is 7.33. The lowest BCUT2D eigenvalue weighted by molar-refractivity contribution is 0.588. The average molecular weight is 510 g/mol. The van der Waals surface area contributed by atoms with Gasteiger partial charge in [0.1, 0.15) is 5.02 Å². The highest BCUT2D eigenvalue weighted by Gasteiger charge is 2.23. The van der Waals surface area contributed by atoms with Gasteiger partial charge in [0.2, 0.25) is 5.95 Å². The van der Waals surface area contributed by atoms with Crippen LogP contribution in [0.5, 0.6) is 0 Å². The van der Waals surface area contributed by atoms with Crippen LogP contribution in [-0.4, -0.2) is 30.2 Å². The molecule has 30 heavy (non-hydrogen) atoms. The van der Waals surface area contributed by atoms with Crippen LogP contribution in [0.3, 0.4) is 0 Å². The van der Waals surface area contributed by atoms with E-state index in [1.165, 1.54) is 11.8 Å². The highest BCUT2D eigenvalue weighted by Crippen LogP contribution is 2.30. The van der Waals surface area contributed by atoms with Crippen LogP contribution < -0.4 is 10.6 Å². The van der Waals surface area contributed by atoms with E-state index in [1.807, 2.05) is 24.3 Å². The van der Waals surface area contributed by atoms with Crippen molar-refractivity contribution >= 4 is 54.8 Å². The molecule has 9 heteroatoms. The Morgan fingerprint density at radius 2 is 1.80 bits per heavy atom. The fourth-order valence-corrected chi connectivity index (χ4v) is 4.31. The van der Waals surface area contributed by atoms with Crippen LogP contribution in [0, 0.1) is 0 Å². The molecular weight excluding hydrogens is 488 g/mol. The third-order valence-corrected chi connectivity index (χ3v) is 7.44. The third kappa shape index (κ3) is 5.50. The molecule has 0 fully saturated rings. The van der Waals surface area contributed by atoms with Crippen molar-refractivity contribution in [2.24, 2.45) is 0 Å². The lowest BCUT2D eigenvalue weighted by Crippen LogP contribution is -2.16. The first-order chi connectivity index (χ1) is 14.3. The zero-order valence-electron chi connectivity index (χ0n) is 16.6. The largest absolute Gasteiger partial charge is 0.354 e. The maximum absolute atomic E-state index is 12.7. The molecule has 2 aromatic carbocycles. The molecule has 1 aromatic heterocycles. The molecule has 0 bridgehead atoms. The number of anilines is 3. The molecule has 0 atom stereocenters. The summed E-state index contributed by atoms with van der Waals surface area (Å²) in [7, 11) is -3.47. The predicted octanol–water partition coefficient (Wildman–Crippen LogP) is 5.47. The second kappa shape index (κ2) is 9.76. The van der Waals surface area contributed by atoms with Crippen molar-refractivity contribution in [1.29, 1.82) is 0 Å². The number of nitrogens with zero attached hydrogens (tertiary/aromatic N) is 2. The van der Waals surface area contributed by atoms with Gasteiger partial charge in [-0.2, -0.15) is 4.98 Å². The summed E-state index contributed by atoms with van der Waals surface area (Å²) >= 11 is 9.68. The Hall–Kier alpha value is -2.16. The molecule has 0 saturated carbocycles. The summed E-state index contributed by atoms with van der Waals surface area (Å²) in [4.78, 5) is 8.83. The summed E-state index contributed by atoms with van der Waals surface area (Å²) < 4.78 is 26.4. The molecule has 6 nitrogen and oxygen atoms in total. The minimum Gasteiger partial charge on any atom is -0.354 e. The Labute approximate surface area is 190 Å². The van der Waals surface area contributed by atoms with Gasteiger partial charge in [0.15, 0.2) is 15.7 Å². The fourth-order valence-electron chi connectivity index (χ4n) is 2.71. The number of halogens is 2. The summed E-state index contributed by atoms with van der Waals surface area (Å²) in [5.74, 6) is 0.743. The van der Waals surface area contributed by atoms with Crippen LogP contribution in [0.4, 0.5) is 17.5 Å². The lowest BCUT2D eigenvalue weighted by Gasteiger charge is -2.15. The second-order valence-corrected chi connectivity index (χ2v) is 10.7. The lowest BCUT2D eigenvalue weighted by atomic mass is 10.1. The molecule has 3 rings (SSSR count). The first-order valence-corrected chi connectivity index (χ1v) is 12.1. The van der Waals surface area contributed by atoms with E-state index in [4.69, 9.17) is 11.6 Å². The third-order valence-electron chi connectivity index (χ3n) is 4.42. The van der Waals surface area contributed by atoms with Gasteiger partial charge in [0, 0.05) is 11.0 Å². The minimum absolute atomic E-state index is 0.208. The smallest absolute Gasteiger partial charge is 0.224 e. The molecule has 158 valence electrons. The fraction of sp³-hybridized carbons (Fsp3) is 0.238. The number of aromatic nitrogens is 2. The molecule has 0 aliphatic heterocycles. The first kappa shape index (κ1) is 22.5. The Morgan fingerprint density at radius 1 is 1.10 bits per heavy atom. The van der Waals surface area contributed by atoms with Gasteiger partial charge in [0.05, 0.1) is 22.0 Å². The van der Waals surface area contributed by atoms with E-state index >= 15 is 0 Å². The van der Waals surface area contributed by atoms with Gasteiger partial charge in [-0.05, 0) is 50.1 Å². The quantitative estimate of drug-likeness (QED) is 0.419. The first-order valence-electron chi connectivity index (χ1n) is 9.38.